The fourth-order valence-corrected chi connectivity index (χ4v) is 3.55. The Morgan fingerprint density at radius 1 is 1.19 bits per heavy atom. The van der Waals surface area contributed by atoms with E-state index in [1.54, 1.807) is 13.2 Å². The van der Waals surface area contributed by atoms with E-state index in [2.05, 4.69) is 21.5 Å². The molecule has 0 bridgehead atoms. The number of methoxy groups -OCH3 is 1. The molecule has 1 fully saturated rings. The smallest absolute Gasteiger partial charge is 0.284 e. The maximum Gasteiger partial charge on any atom is 0.284 e. The third-order valence-corrected chi connectivity index (χ3v) is 5.33. The first-order chi connectivity index (χ1) is 15.1. The van der Waals surface area contributed by atoms with E-state index < -0.39 is 6.10 Å². The van der Waals surface area contributed by atoms with Crippen molar-refractivity contribution in [2.75, 3.05) is 40.0 Å². The molecular formula is C23H27N3O5. The van der Waals surface area contributed by atoms with Gasteiger partial charge in [0.2, 0.25) is 6.10 Å². The molecule has 8 nitrogen and oxygen atoms in total. The van der Waals surface area contributed by atoms with Crippen LogP contribution in [0.2, 0.25) is 0 Å². The monoisotopic (exact) mass is 425 g/mol. The molecule has 31 heavy (non-hydrogen) atoms. The van der Waals surface area contributed by atoms with E-state index in [0.29, 0.717) is 17.2 Å². The van der Waals surface area contributed by atoms with Crippen molar-refractivity contribution in [3.63, 3.8) is 0 Å². The van der Waals surface area contributed by atoms with E-state index >= 15 is 0 Å². The summed E-state index contributed by atoms with van der Waals surface area (Å²) < 4.78 is 22.3. The first kappa shape index (κ1) is 21.1. The average Bonchev–Trinajstić information content (AvgIpc) is 2.82. The minimum atomic E-state index is -0.751. The van der Waals surface area contributed by atoms with Crippen LogP contribution >= 0.6 is 0 Å². The number of carbonyl (C=O) groups excluding carboxylic acids is 1. The molecule has 2 heterocycles. The van der Waals surface area contributed by atoms with Gasteiger partial charge in [-0.3, -0.25) is 9.69 Å². The molecular weight excluding hydrogens is 398 g/mol. The van der Waals surface area contributed by atoms with Crippen LogP contribution in [-0.4, -0.2) is 62.6 Å². The Labute approximate surface area is 181 Å². The van der Waals surface area contributed by atoms with Crippen molar-refractivity contribution >= 4 is 11.6 Å². The largest absolute Gasteiger partial charge is 0.496 e. The molecule has 0 aromatic heterocycles. The molecule has 164 valence electrons. The Kier molecular flexibility index (Phi) is 6.69. The predicted octanol–water partition coefficient (Wildman–Crippen LogP) is 2.21. The summed E-state index contributed by atoms with van der Waals surface area (Å²) in [5.74, 6) is 1.67. The summed E-state index contributed by atoms with van der Waals surface area (Å²) in [6.45, 7) is 6.04. The van der Waals surface area contributed by atoms with Gasteiger partial charge in [0.25, 0.3) is 5.91 Å². The van der Waals surface area contributed by atoms with Crippen molar-refractivity contribution in [2.24, 2.45) is 5.10 Å². The molecule has 4 rings (SSSR count). The highest BCUT2D eigenvalue weighted by Crippen LogP contribution is 2.30. The summed E-state index contributed by atoms with van der Waals surface area (Å²) in [7, 11) is 1.67. The second-order valence-electron chi connectivity index (χ2n) is 7.45. The number of rotatable bonds is 6. The summed E-state index contributed by atoms with van der Waals surface area (Å²) in [6, 6.07) is 13.2. The lowest BCUT2D eigenvalue weighted by Gasteiger charge is -2.27. The normalized spacial score (nSPS) is 19.0. The van der Waals surface area contributed by atoms with Gasteiger partial charge in [0.15, 0.2) is 11.5 Å². The van der Waals surface area contributed by atoms with E-state index in [1.807, 2.05) is 37.3 Å². The van der Waals surface area contributed by atoms with Crippen LogP contribution in [0.4, 0.5) is 0 Å². The number of hydrogen-bond acceptors (Lipinski definition) is 7. The number of benzene rings is 2. The third kappa shape index (κ3) is 5.15. The minimum Gasteiger partial charge on any atom is -0.496 e. The van der Waals surface area contributed by atoms with Crippen LogP contribution in [0, 0.1) is 0 Å². The third-order valence-electron chi connectivity index (χ3n) is 5.33. The van der Waals surface area contributed by atoms with E-state index in [1.165, 1.54) is 0 Å². The zero-order valence-corrected chi connectivity index (χ0v) is 17.8. The summed E-state index contributed by atoms with van der Waals surface area (Å²) in [5.41, 5.74) is 5.27. The maximum atomic E-state index is 12.5. The Hall–Kier alpha value is -3.10. The summed E-state index contributed by atoms with van der Waals surface area (Å²) >= 11 is 0. The lowest BCUT2D eigenvalue weighted by Crippen LogP contribution is -2.42. The molecule has 8 heteroatoms. The van der Waals surface area contributed by atoms with Gasteiger partial charge in [0, 0.05) is 25.2 Å². The molecule has 2 aliphatic rings. The second-order valence-corrected chi connectivity index (χ2v) is 7.45. The lowest BCUT2D eigenvalue weighted by molar-refractivity contribution is -0.130. The molecule has 0 spiro atoms. The zero-order valence-electron chi connectivity index (χ0n) is 17.8. The zero-order chi connectivity index (χ0) is 21.6. The quantitative estimate of drug-likeness (QED) is 0.565. The molecule has 1 amide bonds. The van der Waals surface area contributed by atoms with Crippen LogP contribution in [-0.2, 0) is 16.1 Å². The Bertz CT molecular complexity index is 956. The number of hydrazone groups is 1. The van der Waals surface area contributed by atoms with Gasteiger partial charge in [-0.05, 0) is 42.8 Å². The van der Waals surface area contributed by atoms with Crippen LogP contribution in [0.25, 0.3) is 0 Å². The number of carbonyl (C=O) groups is 1. The molecule has 2 aliphatic heterocycles. The van der Waals surface area contributed by atoms with Gasteiger partial charge in [-0.2, -0.15) is 5.10 Å². The highest BCUT2D eigenvalue weighted by molar-refractivity contribution is 5.99. The second kappa shape index (κ2) is 9.80. The van der Waals surface area contributed by atoms with Gasteiger partial charge in [-0.15, -0.1) is 0 Å². The van der Waals surface area contributed by atoms with Crippen LogP contribution in [0.3, 0.4) is 0 Å². The number of hydrogen-bond donors (Lipinski definition) is 1. The molecule has 1 saturated heterocycles. The molecule has 1 N–H and O–H groups in total. The molecule has 0 saturated carbocycles. The van der Waals surface area contributed by atoms with Gasteiger partial charge in [-0.25, -0.2) is 5.43 Å². The number of nitrogens with zero attached hydrogens (tertiary/aromatic N) is 2. The van der Waals surface area contributed by atoms with Crippen molar-refractivity contribution in [1.82, 2.24) is 10.3 Å². The molecule has 0 radical (unpaired) electrons. The number of para-hydroxylation sites is 2. The van der Waals surface area contributed by atoms with Crippen molar-refractivity contribution in [2.45, 2.75) is 19.6 Å². The van der Waals surface area contributed by atoms with Crippen LogP contribution in [0.15, 0.2) is 47.6 Å². The van der Waals surface area contributed by atoms with E-state index in [9.17, 15) is 4.79 Å². The molecule has 2 aromatic rings. The number of fused-ring (bicyclic) bond motifs is 1. The van der Waals surface area contributed by atoms with Crippen molar-refractivity contribution in [1.29, 1.82) is 0 Å². The Morgan fingerprint density at radius 2 is 1.97 bits per heavy atom. The fraction of sp³-hybridized carbons (Fsp3) is 0.391. The van der Waals surface area contributed by atoms with E-state index in [4.69, 9.17) is 18.9 Å². The molecule has 0 aliphatic carbocycles. The highest BCUT2D eigenvalue weighted by Gasteiger charge is 2.27. The SMILES string of the molecule is COc1ccc(/C(C)=N\NC(=O)[C@@H]2COc3ccccc3O2)cc1CN1CCOCC1. The van der Waals surface area contributed by atoms with E-state index in [0.717, 1.165) is 49.7 Å². The maximum absolute atomic E-state index is 12.5. The highest BCUT2D eigenvalue weighted by atomic mass is 16.6. The number of ether oxygens (including phenoxy) is 4. The lowest BCUT2D eigenvalue weighted by atomic mass is 10.1. The van der Waals surface area contributed by atoms with Crippen molar-refractivity contribution in [3.05, 3.63) is 53.6 Å². The summed E-state index contributed by atoms with van der Waals surface area (Å²) in [6.07, 6.45) is -0.751. The predicted molar refractivity (Wildman–Crippen MR) is 116 cm³/mol. The molecule has 2 aromatic carbocycles. The van der Waals surface area contributed by atoms with Crippen molar-refractivity contribution in [3.8, 4) is 17.2 Å². The topological polar surface area (TPSA) is 81.6 Å². The number of morpholine rings is 1. The minimum absolute atomic E-state index is 0.143. The van der Waals surface area contributed by atoms with E-state index in [-0.39, 0.29) is 12.5 Å². The Balaban J connectivity index is 1.41. The average molecular weight is 425 g/mol. The number of amides is 1. The van der Waals surface area contributed by atoms with Crippen LogP contribution < -0.4 is 19.6 Å². The molecule has 1 atom stereocenters. The fourth-order valence-electron chi connectivity index (χ4n) is 3.55. The van der Waals surface area contributed by atoms with Gasteiger partial charge in [0.05, 0.1) is 26.0 Å². The summed E-state index contributed by atoms with van der Waals surface area (Å²) in [4.78, 5) is 14.8. The first-order valence-electron chi connectivity index (χ1n) is 10.3. The van der Waals surface area contributed by atoms with Crippen LogP contribution in [0.5, 0.6) is 17.2 Å². The van der Waals surface area contributed by atoms with Gasteiger partial charge >= 0.3 is 0 Å². The van der Waals surface area contributed by atoms with Crippen LogP contribution in [0.1, 0.15) is 18.1 Å². The van der Waals surface area contributed by atoms with Gasteiger partial charge < -0.3 is 18.9 Å². The Morgan fingerprint density at radius 3 is 2.74 bits per heavy atom. The first-order valence-corrected chi connectivity index (χ1v) is 10.3. The standard InChI is InChI=1S/C23H27N3O5/c1-16(24-25-23(27)22-15-30-20-5-3-4-6-21(20)31-22)17-7-8-19(28-2)18(13-17)14-26-9-11-29-12-10-26/h3-8,13,22H,9-12,14-15H2,1-2H3,(H,25,27)/b24-16-/t22-/m0/s1. The van der Waals surface area contributed by atoms with Crippen molar-refractivity contribution < 1.29 is 23.7 Å². The van der Waals surface area contributed by atoms with Gasteiger partial charge in [0.1, 0.15) is 12.4 Å². The summed E-state index contributed by atoms with van der Waals surface area (Å²) in [5, 5.41) is 4.28. The van der Waals surface area contributed by atoms with Gasteiger partial charge in [-0.1, -0.05) is 12.1 Å². The molecule has 0 unspecified atom stereocenters. The number of nitrogens with one attached hydrogen (secondary N) is 1.